The van der Waals surface area contributed by atoms with E-state index in [1.807, 2.05) is 35.1 Å². The van der Waals surface area contributed by atoms with Crippen LogP contribution >= 0.6 is 23.6 Å². The van der Waals surface area contributed by atoms with Gasteiger partial charge in [-0.1, -0.05) is 0 Å². The molecule has 3 aromatic rings. The number of aromatic nitrogens is 4. The number of H-pyrrole nitrogens is 1. The van der Waals surface area contributed by atoms with Crippen LogP contribution < -0.4 is 14.8 Å². The second-order valence-electron chi connectivity index (χ2n) is 6.18. The van der Waals surface area contributed by atoms with Gasteiger partial charge in [0.1, 0.15) is 10.8 Å². The molecule has 0 saturated heterocycles. The Morgan fingerprint density at radius 2 is 2.10 bits per heavy atom. The predicted molar refractivity (Wildman–Crippen MR) is 114 cm³/mol. The van der Waals surface area contributed by atoms with E-state index in [0.29, 0.717) is 29.2 Å². The number of nitrogens with one attached hydrogen (secondary N) is 2. The summed E-state index contributed by atoms with van der Waals surface area (Å²) >= 11 is 6.66. The largest absolute Gasteiger partial charge is 0.493 e. The van der Waals surface area contributed by atoms with E-state index in [1.54, 1.807) is 14.2 Å². The molecule has 2 aromatic heterocycles. The van der Waals surface area contributed by atoms with Crippen molar-refractivity contribution >= 4 is 29.5 Å². The van der Waals surface area contributed by atoms with Crippen molar-refractivity contribution in [3.8, 4) is 22.1 Å². The summed E-state index contributed by atoms with van der Waals surface area (Å²) in [4.78, 5) is 16.8. The minimum Gasteiger partial charge on any atom is -0.493 e. The molecule has 0 bridgehead atoms. The predicted octanol–water partition coefficient (Wildman–Crippen LogP) is 3.00. The maximum absolute atomic E-state index is 12.3. The number of hydrogen-bond acceptors (Lipinski definition) is 7. The van der Waals surface area contributed by atoms with E-state index < -0.39 is 0 Å². The van der Waals surface area contributed by atoms with Gasteiger partial charge in [0, 0.05) is 30.5 Å². The summed E-state index contributed by atoms with van der Waals surface area (Å²) < 4.78 is 13.1. The van der Waals surface area contributed by atoms with Crippen LogP contribution in [0.5, 0.6) is 11.5 Å². The lowest BCUT2D eigenvalue weighted by Crippen LogP contribution is -2.28. The lowest BCUT2D eigenvalue weighted by atomic mass is 10.2. The molecule has 0 spiro atoms. The van der Waals surface area contributed by atoms with E-state index in [1.165, 1.54) is 11.3 Å². The Bertz CT molecular complexity index is 1040. The first-order valence-electron chi connectivity index (χ1n) is 9.13. The first-order chi connectivity index (χ1) is 14.0. The molecule has 0 fully saturated rings. The molecule has 3 rings (SSSR count). The van der Waals surface area contributed by atoms with Gasteiger partial charge in [0.05, 0.1) is 26.3 Å². The molecule has 0 aliphatic heterocycles. The van der Waals surface area contributed by atoms with Gasteiger partial charge in [0.25, 0.3) is 0 Å². The molecule has 0 atom stereocenters. The zero-order valence-electron chi connectivity index (χ0n) is 16.5. The fraction of sp³-hybridized carbons (Fsp3) is 0.368. The molecule has 10 heteroatoms. The molecule has 0 aliphatic rings. The van der Waals surface area contributed by atoms with Crippen LogP contribution in [0.2, 0.25) is 0 Å². The summed E-state index contributed by atoms with van der Waals surface area (Å²) in [5.41, 5.74) is 1.65. The summed E-state index contributed by atoms with van der Waals surface area (Å²) in [6.45, 7) is 3.24. The summed E-state index contributed by atoms with van der Waals surface area (Å²) in [5, 5.41) is 12.6. The Kier molecular flexibility index (Phi) is 6.99. The second-order valence-corrected chi connectivity index (χ2v) is 7.42. The highest BCUT2D eigenvalue weighted by Gasteiger charge is 2.12. The van der Waals surface area contributed by atoms with E-state index in [-0.39, 0.29) is 12.3 Å². The number of benzene rings is 1. The van der Waals surface area contributed by atoms with E-state index >= 15 is 0 Å². The molecule has 2 N–H and O–H groups in total. The Morgan fingerprint density at radius 1 is 1.31 bits per heavy atom. The summed E-state index contributed by atoms with van der Waals surface area (Å²) in [7, 11) is 3.20. The van der Waals surface area contributed by atoms with Crippen molar-refractivity contribution in [3.05, 3.63) is 39.9 Å². The Balaban J connectivity index is 1.57. The monoisotopic (exact) mass is 433 g/mol. The molecule has 0 unspecified atom stereocenters. The van der Waals surface area contributed by atoms with Gasteiger partial charge < -0.3 is 19.4 Å². The number of carbonyl (C=O) groups excluding carboxylic acids is 1. The molecule has 1 aromatic carbocycles. The van der Waals surface area contributed by atoms with Crippen molar-refractivity contribution in [1.82, 2.24) is 25.1 Å². The maximum atomic E-state index is 12.3. The first-order valence-corrected chi connectivity index (χ1v) is 10.4. The Hall–Kier alpha value is -2.72. The zero-order chi connectivity index (χ0) is 20.8. The summed E-state index contributed by atoms with van der Waals surface area (Å²) in [6.07, 6.45) is 0.838. The van der Waals surface area contributed by atoms with Crippen LogP contribution in [-0.4, -0.2) is 46.4 Å². The smallest absolute Gasteiger partial charge is 0.226 e. The quantitative estimate of drug-likeness (QED) is 0.504. The molecule has 8 nitrogen and oxygen atoms in total. The van der Waals surface area contributed by atoms with Gasteiger partial charge in [-0.05, 0) is 37.3 Å². The Morgan fingerprint density at radius 3 is 2.83 bits per heavy atom. The van der Waals surface area contributed by atoms with E-state index in [9.17, 15) is 4.79 Å². The molecule has 29 heavy (non-hydrogen) atoms. The van der Waals surface area contributed by atoms with E-state index in [2.05, 4.69) is 20.5 Å². The lowest BCUT2D eigenvalue weighted by Gasteiger charge is -2.08. The number of hydrogen-bond donors (Lipinski definition) is 2. The molecule has 154 valence electrons. The third kappa shape index (κ3) is 5.01. The van der Waals surface area contributed by atoms with Crippen LogP contribution in [0, 0.1) is 4.77 Å². The van der Waals surface area contributed by atoms with Gasteiger partial charge in [-0.25, -0.2) is 4.98 Å². The van der Waals surface area contributed by atoms with Crippen LogP contribution in [0.15, 0.2) is 23.6 Å². The van der Waals surface area contributed by atoms with Crippen molar-refractivity contribution in [2.24, 2.45) is 0 Å². The maximum Gasteiger partial charge on any atom is 0.226 e. The highest BCUT2D eigenvalue weighted by Crippen LogP contribution is 2.33. The van der Waals surface area contributed by atoms with Crippen LogP contribution in [0.25, 0.3) is 10.6 Å². The molecule has 0 radical (unpaired) electrons. The number of rotatable bonds is 9. The van der Waals surface area contributed by atoms with E-state index in [4.69, 9.17) is 21.7 Å². The minimum atomic E-state index is -0.0775. The first kappa shape index (κ1) is 21.0. The SMILES string of the molecule is CCn1c(CCNC(=O)Cc2csc(-c3ccc(OC)c(OC)c3)n2)n[nH]c1=S. The fourth-order valence-corrected chi connectivity index (χ4v) is 3.99. The van der Waals surface area contributed by atoms with Crippen molar-refractivity contribution in [1.29, 1.82) is 0 Å². The number of carbonyl (C=O) groups is 1. The second kappa shape index (κ2) is 9.66. The van der Waals surface area contributed by atoms with Crippen molar-refractivity contribution in [2.75, 3.05) is 20.8 Å². The molecule has 0 saturated carbocycles. The van der Waals surface area contributed by atoms with Gasteiger partial charge in [-0.2, -0.15) is 5.10 Å². The lowest BCUT2D eigenvalue weighted by molar-refractivity contribution is -0.120. The fourth-order valence-electron chi connectivity index (χ4n) is 2.90. The van der Waals surface area contributed by atoms with Crippen molar-refractivity contribution in [3.63, 3.8) is 0 Å². The molecule has 0 aliphatic carbocycles. The van der Waals surface area contributed by atoms with Crippen LogP contribution in [0.4, 0.5) is 0 Å². The standard InChI is InChI=1S/C19H23N5O3S2/c1-4-24-16(22-23-19(24)28)7-8-20-17(25)10-13-11-29-18(21-13)12-5-6-14(26-2)15(9-12)27-3/h5-6,9,11H,4,7-8,10H2,1-3H3,(H,20,25)(H,23,28). The highest BCUT2D eigenvalue weighted by atomic mass is 32.1. The Labute approximate surface area is 177 Å². The van der Waals surface area contributed by atoms with Crippen molar-refractivity contribution in [2.45, 2.75) is 26.3 Å². The van der Waals surface area contributed by atoms with Crippen LogP contribution in [-0.2, 0) is 24.2 Å². The third-order valence-corrected chi connectivity index (χ3v) is 5.60. The third-order valence-electron chi connectivity index (χ3n) is 4.35. The number of ether oxygens (including phenoxy) is 2. The number of thiazole rings is 1. The van der Waals surface area contributed by atoms with Gasteiger partial charge in [-0.3, -0.25) is 9.89 Å². The summed E-state index contributed by atoms with van der Waals surface area (Å²) in [6, 6.07) is 5.64. The normalized spacial score (nSPS) is 10.7. The number of amides is 1. The van der Waals surface area contributed by atoms with Gasteiger partial charge in [0.15, 0.2) is 16.3 Å². The summed E-state index contributed by atoms with van der Waals surface area (Å²) in [5.74, 6) is 2.06. The van der Waals surface area contributed by atoms with Gasteiger partial charge in [0.2, 0.25) is 5.91 Å². The molecule has 2 heterocycles. The molecular formula is C19H23N5O3S2. The highest BCUT2D eigenvalue weighted by molar-refractivity contribution is 7.71. The minimum absolute atomic E-state index is 0.0775. The van der Waals surface area contributed by atoms with Gasteiger partial charge in [-0.15, -0.1) is 11.3 Å². The van der Waals surface area contributed by atoms with Gasteiger partial charge >= 0.3 is 0 Å². The number of methoxy groups -OCH3 is 2. The number of nitrogens with zero attached hydrogens (tertiary/aromatic N) is 3. The average Bonchev–Trinajstić information content (AvgIpc) is 3.33. The van der Waals surface area contributed by atoms with Crippen molar-refractivity contribution < 1.29 is 14.3 Å². The average molecular weight is 434 g/mol. The van der Waals surface area contributed by atoms with Crippen LogP contribution in [0.1, 0.15) is 18.4 Å². The number of aromatic amines is 1. The molecular weight excluding hydrogens is 410 g/mol. The topological polar surface area (TPSA) is 94.1 Å². The zero-order valence-corrected chi connectivity index (χ0v) is 18.2. The molecule has 1 amide bonds. The van der Waals surface area contributed by atoms with E-state index in [0.717, 1.165) is 28.6 Å². The van der Waals surface area contributed by atoms with Crippen LogP contribution in [0.3, 0.4) is 0 Å².